The van der Waals surface area contributed by atoms with Crippen molar-refractivity contribution < 1.29 is 12.7 Å². The Morgan fingerprint density at radius 2 is 2.00 bits per heavy atom. The molecular formula is C13H10N2O3S2. The third-order valence-electron chi connectivity index (χ3n) is 2.42. The van der Waals surface area contributed by atoms with Gasteiger partial charge in [0.15, 0.2) is 0 Å². The van der Waals surface area contributed by atoms with E-state index in [0.29, 0.717) is 16.2 Å². The summed E-state index contributed by atoms with van der Waals surface area (Å²) in [5.74, 6) is 0. The number of oxime groups is 1. The van der Waals surface area contributed by atoms with Gasteiger partial charge in [0.1, 0.15) is 11.0 Å². The molecule has 0 aliphatic carbocycles. The van der Waals surface area contributed by atoms with Gasteiger partial charge in [-0.2, -0.15) is 13.7 Å². The van der Waals surface area contributed by atoms with Crippen LogP contribution in [0, 0.1) is 11.3 Å². The molecule has 0 unspecified atom stereocenters. The SMILES string of the molecule is CC(=NOS(=O)(=O)c1ccccc1)c1sccc1C#N. The first-order valence-corrected chi connectivity index (χ1v) is 7.84. The van der Waals surface area contributed by atoms with E-state index in [1.165, 1.54) is 23.5 Å². The summed E-state index contributed by atoms with van der Waals surface area (Å²) in [6.07, 6.45) is 0. The van der Waals surface area contributed by atoms with E-state index in [9.17, 15) is 8.42 Å². The molecule has 2 aromatic rings. The second-order valence-corrected chi connectivity index (χ2v) is 6.24. The van der Waals surface area contributed by atoms with E-state index in [1.54, 1.807) is 36.6 Å². The fraction of sp³-hybridized carbons (Fsp3) is 0.0769. The molecule has 1 aromatic carbocycles. The summed E-state index contributed by atoms with van der Waals surface area (Å²) in [6, 6.07) is 11.4. The van der Waals surface area contributed by atoms with Crippen molar-refractivity contribution in [2.45, 2.75) is 11.8 Å². The summed E-state index contributed by atoms with van der Waals surface area (Å²) in [6.45, 7) is 1.59. The molecule has 1 aromatic heterocycles. The Bertz CT molecular complexity index is 771. The lowest BCUT2D eigenvalue weighted by Gasteiger charge is -2.02. The molecular weight excluding hydrogens is 296 g/mol. The largest absolute Gasteiger partial charge is 0.358 e. The first-order valence-electron chi connectivity index (χ1n) is 5.56. The number of hydrogen-bond acceptors (Lipinski definition) is 6. The maximum absolute atomic E-state index is 11.9. The van der Waals surface area contributed by atoms with E-state index in [-0.39, 0.29) is 4.90 Å². The lowest BCUT2D eigenvalue weighted by molar-refractivity contribution is 0.339. The molecule has 0 saturated heterocycles. The Kier molecular flexibility index (Phi) is 4.17. The molecule has 0 amide bonds. The predicted molar refractivity (Wildman–Crippen MR) is 76.0 cm³/mol. The number of nitriles is 1. The first kappa shape index (κ1) is 14.2. The van der Waals surface area contributed by atoms with Gasteiger partial charge in [0, 0.05) is 0 Å². The van der Waals surface area contributed by atoms with Crippen molar-refractivity contribution in [1.29, 1.82) is 5.26 Å². The van der Waals surface area contributed by atoms with Crippen LogP contribution >= 0.6 is 11.3 Å². The minimum Gasteiger partial charge on any atom is -0.264 e. The molecule has 7 heteroatoms. The van der Waals surface area contributed by atoms with Crippen LogP contribution in [0.15, 0.2) is 51.8 Å². The first-order chi connectivity index (χ1) is 9.54. The molecule has 1 heterocycles. The zero-order chi connectivity index (χ0) is 14.6. The topological polar surface area (TPSA) is 79.5 Å². The van der Waals surface area contributed by atoms with Crippen molar-refractivity contribution in [2.75, 3.05) is 0 Å². The van der Waals surface area contributed by atoms with Crippen LogP contribution < -0.4 is 0 Å². The highest BCUT2D eigenvalue weighted by atomic mass is 32.2. The van der Waals surface area contributed by atoms with Gasteiger partial charge in [-0.05, 0) is 30.5 Å². The second-order valence-electron chi connectivity index (χ2n) is 3.79. The fourth-order valence-electron chi connectivity index (χ4n) is 1.45. The van der Waals surface area contributed by atoms with Gasteiger partial charge in [-0.25, -0.2) is 0 Å². The van der Waals surface area contributed by atoms with Crippen molar-refractivity contribution in [1.82, 2.24) is 0 Å². The fourth-order valence-corrected chi connectivity index (χ4v) is 3.03. The molecule has 0 saturated carbocycles. The van der Waals surface area contributed by atoms with Gasteiger partial charge in [-0.15, -0.1) is 11.3 Å². The van der Waals surface area contributed by atoms with E-state index in [1.807, 2.05) is 6.07 Å². The quantitative estimate of drug-likeness (QED) is 0.642. The number of rotatable bonds is 4. The Hall–Kier alpha value is -2.17. The number of nitrogens with zero attached hydrogens (tertiary/aromatic N) is 2. The smallest absolute Gasteiger partial charge is 0.264 e. The summed E-state index contributed by atoms with van der Waals surface area (Å²) in [5, 5.41) is 14.3. The lowest BCUT2D eigenvalue weighted by Crippen LogP contribution is -2.04. The average molecular weight is 306 g/mol. The average Bonchev–Trinajstić information content (AvgIpc) is 2.94. The maximum Gasteiger partial charge on any atom is 0.358 e. The summed E-state index contributed by atoms with van der Waals surface area (Å²) < 4.78 is 28.4. The second kappa shape index (κ2) is 5.86. The molecule has 0 radical (unpaired) electrons. The van der Waals surface area contributed by atoms with Crippen molar-refractivity contribution in [2.24, 2.45) is 5.16 Å². The van der Waals surface area contributed by atoms with E-state index < -0.39 is 10.1 Å². The van der Waals surface area contributed by atoms with Crippen LogP contribution in [0.3, 0.4) is 0 Å². The maximum atomic E-state index is 11.9. The molecule has 0 spiro atoms. The van der Waals surface area contributed by atoms with Crippen LogP contribution in [-0.2, 0) is 14.4 Å². The van der Waals surface area contributed by atoms with E-state index in [2.05, 4.69) is 9.44 Å². The van der Waals surface area contributed by atoms with E-state index in [4.69, 9.17) is 5.26 Å². The summed E-state index contributed by atoms with van der Waals surface area (Å²) in [4.78, 5) is 0.624. The molecule has 0 fully saturated rings. The third kappa shape index (κ3) is 3.04. The molecule has 2 rings (SSSR count). The minimum absolute atomic E-state index is 0.0308. The van der Waals surface area contributed by atoms with Gasteiger partial charge < -0.3 is 0 Å². The zero-order valence-electron chi connectivity index (χ0n) is 10.5. The minimum atomic E-state index is -3.93. The van der Waals surface area contributed by atoms with Crippen molar-refractivity contribution in [3.63, 3.8) is 0 Å². The summed E-state index contributed by atoms with van der Waals surface area (Å²) >= 11 is 1.30. The molecule has 0 aliphatic heterocycles. The van der Waals surface area contributed by atoms with Crippen LogP contribution in [0.1, 0.15) is 17.4 Å². The summed E-state index contributed by atoms with van der Waals surface area (Å²) in [7, 11) is -3.93. The molecule has 102 valence electrons. The number of thiophene rings is 1. The highest BCUT2D eigenvalue weighted by Gasteiger charge is 2.16. The Balaban J connectivity index is 2.24. The van der Waals surface area contributed by atoms with Gasteiger partial charge in [0.05, 0.1) is 16.2 Å². The monoisotopic (exact) mass is 306 g/mol. The zero-order valence-corrected chi connectivity index (χ0v) is 12.1. The highest BCUT2D eigenvalue weighted by Crippen LogP contribution is 2.18. The normalized spacial score (nSPS) is 11.9. The number of hydrogen-bond donors (Lipinski definition) is 0. The Labute approximate surface area is 120 Å². The van der Waals surface area contributed by atoms with Crippen molar-refractivity contribution in [3.8, 4) is 6.07 Å². The summed E-state index contributed by atoms with van der Waals surface area (Å²) in [5.41, 5.74) is 0.785. The molecule has 0 atom stereocenters. The molecule has 5 nitrogen and oxygen atoms in total. The predicted octanol–water partition coefficient (Wildman–Crippen LogP) is 2.75. The van der Waals surface area contributed by atoms with Gasteiger partial charge in [0.2, 0.25) is 0 Å². The number of benzene rings is 1. The third-order valence-corrected chi connectivity index (χ3v) is 4.56. The van der Waals surface area contributed by atoms with Gasteiger partial charge >= 0.3 is 10.1 Å². The molecule has 20 heavy (non-hydrogen) atoms. The van der Waals surface area contributed by atoms with E-state index >= 15 is 0 Å². The Morgan fingerprint density at radius 1 is 1.30 bits per heavy atom. The molecule has 0 N–H and O–H groups in total. The van der Waals surface area contributed by atoms with Crippen molar-refractivity contribution >= 4 is 27.2 Å². The standard InChI is InChI=1S/C13H10N2O3S2/c1-10(13-11(9-14)7-8-19-13)15-18-20(16,17)12-5-3-2-4-6-12/h2-8H,1H3. The molecule has 0 aliphatic rings. The van der Waals surface area contributed by atoms with Gasteiger partial charge in [-0.1, -0.05) is 23.4 Å². The van der Waals surface area contributed by atoms with Crippen molar-refractivity contribution in [3.05, 3.63) is 52.2 Å². The van der Waals surface area contributed by atoms with Crippen LogP contribution in [0.5, 0.6) is 0 Å². The van der Waals surface area contributed by atoms with Crippen LogP contribution in [-0.4, -0.2) is 14.1 Å². The van der Waals surface area contributed by atoms with Crippen LogP contribution in [0.25, 0.3) is 0 Å². The van der Waals surface area contributed by atoms with E-state index in [0.717, 1.165) is 0 Å². The van der Waals surface area contributed by atoms with Crippen LogP contribution in [0.4, 0.5) is 0 Å². The van der Waals surface area contributed by atoms with Gasteiger partial charge in [0.25, 0.3) is 0 Å². The Morgan fingerprint density at radius 3 is 2.65 bits per heavy atom. The molecule has 0 bridgehead atoms. The lowest BCUT2D eigenvalue weighted by atomic mass is 10.2. The highest BCUT2D eigenvalue weighted by molar-refractivity contribution is 7.86. The van der Waals surface area contributed by atoms with Crippen LogP contribution in [0.2, 0.25) is 0 Å². The van der Waals surface area contributed by atoms with Gasteiger partial charge in [-0.3, -0.25) is 4.28 Å².